The molecule has 8 nitrogen and oxygen atoms in total. The second-order valence-corrected chi connectivity index (χ2v) is 10.2. The van der Waals surface area contributed by atoms with Crippen LogP contribution in [0.4, 0.5) is 10.3 Å². The van der Waals surface area contributed by atoms with Gasteiger partial charge in [0.2, 0.25) is 5.95 Å². The van der Waals surface area contributed by atoms with E-state index in [0.29, 0.717) is 49.7 Å². The van der Waals surface area contributed by atoms with E-state index in [1.165, 1.54) is 24.3 Å². The molecule has 6 rings (SSSR count). The molecule has 1 amide bonds. The van der Waals surface area contributed by atoms with Crippen molar-refractivity contribution >= 4 is 11.9 Å². The van der Waals surface area contributed by atoms with E-state index in [2.05, 4.69) is 4.98 Å². The van der Waals surface area contributed by atoms with Crippen molar-refractivity contribution in [1.82, 2.24) is 19.4 Å². The first-order valence-electron chi connectivity index (χ1n) is 13.0. The number of fused-ring (bicyclic) bond motifs is 1. The lowest BCUT2D eigenvalue weighted by atomic mass is 9.89. The molecule has 39 heavy (non-hydrogen) atoms. The molecule has 1 spiro atoms. The normalized spacial score (nSPS) is 19.2. The van der Waals surface area contributed by atoms with Crippen molar-refractivity contribution < 1.29 is 14.3 Å². The molecule has 1 fully saturated rings. The Morgan fingerprint density at radius 1 is 1.00 bits per heavy atom. The smallest absolute Gasteiger partial charge is 0.255 e. The van der Waals surface area contributed by atoms with Gasteiger partial charge in [0.25, 0.3) is 11.5 Å². The fourth-order valence-corrected chi connectivity index (χ4v) is 5.73. The van der Waals surface area contributed by atoms with Crippen molar-refractivity contribution in [2.45, 2.75) is 31.0 Å². The highest BCUT2D eigenvalue weighted by atomic mass is 19.1. The Morgan fingerprint density at radius 3 is 2.54 bits per heavy atom. The molecule has 2 aromatic heterocycles. The number of aromatic nitrogens is 3. The molecule has 1 N–H and O–H groups in total. The molecule has 2 aliphatic rings. The summed E-state index contributed by atoms with van der Waals surface area (Å²) in [6.45, 7) is 1.48. The number of aliphatic hydroxyl groups excluding tert-OH is 1. The first kappa shape index (κ1) is 24.9. The fourth-order valence-electron chi connectivity index (χ4n) is 5.73. The van der Waals surface area contributed by atoms with E-state index in [1.54, 1.807) is 40.1 Å². The zero-order valence-corrected chi connectivity index (χ0v) is 21.3. The van der Waals surface area contributed by atoms with Gasteiger partial charge in [-0.1, -0.05) is 36.4 Å². The van der Waals surface area contributed by atoms with Crippen LogP contribution in [-0.4, -0.2) is 55.6 Å². The minimum atomic E-state index is -0.843. The van der Waals surface area contributed by atoms with Crippen molar-refractivity contribution in [1.29, 1.82) is 0 Å². The number of likely N-dealkylation sites (tertiary alicyclic amines) is 1. The molecule has 0 aliphatic carbocycles. The van der Waals surface area contributed by atoms with Crippen LogP contribution in [0.3, 0.4) is 0 Å². The number of carbonyl (C=O) groups excluding carboxylic acids is 1. The molecule has 2 aliphatic heterocycles. The fraction of sp³-hybridized carbons (Fsp3) is 0.267. The summed E-state index contributed by atoms with van der Waals surface area (Å²) in [5.74, 6) is -0.229. The Hall–Kier alpha value is -4.37. The lowest BCUT2D eigenvalue weighted by Gasteiger charge is -2.47. The minimum Gasteiger partial charge on any atom is -0.387 e. The molecule has 198 valence electrons. The molecule has 0 bridgehead atoms. The summed E-state index contributed by atoms with van der Waals surface area (Å²) < 4.78 is 15.5. The van der Waals surface area contributed by atoms with Crippen LogP contribution in [0.2, 0.25) is 0 Å². The van der Waals surface area contributed by atoms with Crippen LogP contribution in [0, 0.1) is 5.82 Å². The topological polar surface area (TPSA) is 91.6 Å². The van der Waals surface area contributed by atoms with Crippen LogP contribution in [0.1, 0.15) is 34.9 Å². The highest BCUT2D eigenvalue weighted by molar-refractivity contribution is 5.94. The first-order valence-corrected chi connectivity index (χ1v) is 13.0. The molecule has 1 saturated heterocycles. The van der Waals surface area contributed by atoms with E-state index in [9.17, 15) is 19.1 Å². The Bertz CT molecular complexity index is 1560. The number of β-amino-alcohol motifs (C(OH)–C–C–N with tert-alkyl or cyclic N) is 1. The zero-order chi connectivity index (χ0) is 27.0. The molecular weight excluding hydrogens is 497 g/mol. The number of hydrogen-bond acceptors (Lipinski definition) is 6. The molecule has 9 heteroatoms. The number of pyridine rings is 1. The molecule has 2 atom stereocenters. The van der Waals surface area contributed by atoms with Gasteiger partial charge in [-0.3, -0.25) is 19.1 Å². The number of amides is 1. The summed E-state index contributed by atoms with van der Waals surface area (Å²) in [6.07, 6.45) is 3.69. The predicted molar refractivity (Wildman–Crippen MR) is 145 cm³/mol. The van der Waals surface area contributed by atoms with Crippen molar-refractivity contribution in [2.75, 3.05) is 24.5 Å². The van der Waals surface area contributed by atoms with Crippen LogP contribution in [0.15, 0.2) is 90.0 Å². The van der Waals surface area contributed by atoms with Gasteiger partial charge in [-0.25, -0.2) is 9.37 Å². The minimum absolute atomic E-state index is 0.174. The number of aliphatic hydroxyl groups is 1. The van der Waals surface area contributed by atoms with Crippen molar-refractivity contribution in [3.05, 3.63) is 112 Å². The number of benzene rings is 2. The number of rotatable bonds is 5. The second-order valence-electron chi connectivity index (χ2n) is 10.2. The molecule has 0 saturated carbocycles. The van der Waals surface area contributed by atoms with E-state index in [4.69, 9.17) is 4.98 Å². The van der Waals surface area contributed by atoms with Crippen LogP contribution in [0.25, 0.3) is 11.3 Å². The standard InChI is InChI=1S/C30H28FN5O3/c31-24-8-4-7-23(17-24)28(39)34-15-11-30(20-34)12-16-35-27(38)18-25(21-9-13-32-14-10-21)33-29(35)36(30)19-26(37)22-5-2-1-3-6-22/h1-10,13-14,17-18,26,37H,11-12,15-16,19-20H2/t26-,30?/m1/s1. The van der Waals surface area contributed by atoms with Gasteiger partial charge in [-0.15, -0.1) is 0 Å². The number of carbonyl (C=O) groups is 1. The van der Waals surface area contributed by atoms with Gasteiger partial charge in [0, 0.05) is 49.2 Å². The van der Waals surface area contributed by atoms with Crippen molar-refractivity contribution in [2.24, 2.45) is 0 Å². The quantitative estimate of drug-likeness (QED) is 0.428. The van der Waals surface area contributed by atoms with Gasteiger partial charge in [0.05, 0.1) is 23.9 Å². The molecule has 4 aromatic rings. The Labute approximate surface area is 225 Å². The predicted octanol–water partition coefficient (Wildman–Crippen LogP) is 3.67. The highest BCUT2D eigenvalue weighted by Crippen LogP contribution is 2.40. The second kappa shape index (κ2) is 10.1. The van der Waals surface area contributed by atoms with E-state index in [1.807, 2.05) is 35.2 Å². The van der Waals surface area contributed by atoms with Crippen LogP contribution < -0.4 is 10.5 Å². The SMILES string of the molecule is O=C(c1cccc(F)c1)N1CCC2(CCn3c(nc(-c4ccncc4)cc3=O)N2C[C@@H](O)c2ccccc2)C1. The highest BCUT2D eigenvalue weighted by Gasteiger charge is 2.48. The summed E-state index contributed by atoms with van der Waals surface area (Å²) in [7, 11) is 0. The van der Waals surface area contributed by atoms with Gasteiger partial charge in [0.15, 0.2) is 0 Å². The van der Waals surface area contributed by atoms with E-state index in [-0.39, 0.29) is 18.0 Å². The number of anilines is 1. The van der Waals surface area contributed by atoms with Crippen LogP contribution in [-0.2, 0) is 6.54 Å². The van der Waals surface area contributed by atoms with Gasteiger partial charge >= 0.3 is 0 Å². The number of halogens is 1. The average Bonchev–Trinajstić information content (AvgIpc) is 3.39. The maximum atomic E-state index is 13.9. The lowest BCUT2D eigenvalue weighted by Crippen LogP contribution is -2.58. The third kappa shape index (κ3) is 4.70. The summed E-state index contributed by atoms with van der Waals surface area (Å²) in [5.41, 5.74) is 1.62. The average molecular weight is 526 g/mol. The molecular formula is C30H28FN5O3. The van der Waals surface area contributed by atoms with Gasteiger partial charge in [0.1, 0.15) is 5.82 Å². The van der Waals surface area contributed by atoms with Crippen LogP contribution >= 0.6 is 0 Å². The van der Waals surface area contributed by atoms with Crippen LogP contribution in [0.5, 0.6) is 0 Å². The molecule has 4 heterocycles. The lowest BCUT2D eigenvalue weighted by molar-refractivity contribution is 0.0777. The summed E-state index contributed by atoms with van der Waals surface area (Å²) >= 11 is 0. The van der Waals surface area contributed by atoms with E-state index < -0.39 is 17.5 Å². The maximum absolute atomic E-state index is 13.9. The molecule has 1 unspecified atom stereocenters. The number of hydrogen-bond donors (Lipinski definition) is 1. The molecule has 2 aromatic carbocycles. The molecule has 0 radical (unpaired) electrons. The monoisotopic (exact) mass is 525 g/mol. The Kier molecular flexibility index (Phi) is 6.44. The van der Waals surface area contributed by atoms with Crippen molar-refractivity contribution in [3.8, 4) is 11.3 Å². The summed E-state index contributed by atoms with van der Waals surface area (Å²) in [4.78, 5) is 39.3. The maximum Gasteiger partial charge on any atom is 0.255 e. The summed E-state index contributed by atoms with van der Waals surface area (Å²) in [6, 6.07) is 20.2. The van der Waals surface area contributed by atoms with Gasteiger partial charge in [-0.05, 0) is 48.7 Å². The van der Waals surface area contributed by atoms with Gasteiger partial charge < -0.3 is 14.9 Å². The summed E-state index contributed by atoms with van der Waals surface area (Å²) in [5, 5.41) is 11.3. The Balaban J connectivity index is 1.40. The Morgan fingerprint density at radius 2 is 1.77 bits per heavy atom. The van der Waals surface area contributed by atoms with Gasteiger partial charge in [-0.2, -0.15) is 0 Å². The largest absolute Gasteiger partial charge is 0.387 e. The number of nitrogens with zero attached hydrogens (tertiary/aromatic N) is 5. The third-order valence-electron chi connectivity index (χ3n) is 7.81. The van der Waals surface area contributed by atoms with E-state index in [0.717, 1.165) is 11.1 Å². The van der Waals surface area contributed by atoms with Crippen molar-refractivity contribution in [3.63, 3.8) is 0 Å². The zero-order valence-electron chi connectivity index (χ0n) is 21.3. The third-order valence-corrected chi connectivity index (χ3v) is 7.81. The van der Waals surface area contributed by atoms with E-state index >= 15 is 0 Å². The first-order chi connectivity index (χ1) is 18.9.